The van der Waals surface area contributed by atoms with Crippen LogP contribution in [0, 0.1) is 19.8 Å². The predicted octanol–water partition coefficient (Wildman–Crippen LogP) is 3.03. The second-order valence-corrected chi connectivity index (χ2v) is 8.59. The van der Waals surface area contributed by atoms with Crippen molar-refractivity contribution in [2.24, 2.45) is 5.92 Å². The fourth-order valence-electron chi connectivity index (χ4n) is 2.48. The minimum Gasteiger partial charge on any atom is -0.319 e. The molecule has 3 aromatic rings. The molecule has 1 aliphatic rings. The van der Waals surface area contributed by atoms with Crippen LogP contribution < -0.4 is 10.9 Å². The molecule has 0 unspecified atom stereocenters. The van der Waals surface area contributed by atoms with Gasteiger partial charge in [0, 0.05) is 11.7 Å². The molecule has 0 atom stereocenters. The molecule has 0 radical (unpaired) electrons. The Kier molecular flexibility index (Phi) is 4.49. The zero-order valence-corrected chi connectivity index (χ0v) is 16.0. The molecular formula is C17H17N5O2S2. The van der Waals surface area contributed by atoms with Crippen LogP contribution in [0.15, 0.2) is 21.3 Å². The van der Waals surface area contributed by atoms with Gasteiger partial charge >= 0.3 is 0 Å². The van der Waals surface area contributed by atoms with E-state index >= 15 is 0 Å². The number of H-pyrrole nitrogens is 1. The van der Waals surface area contributed by atoms with E-state index in [4.69, 9.17) is 0 Å². The molecule has 2 heterocycles. The van der Waals surface area contributed by atoms with Crippen LogP contribution in [0.2, 0.25) is 0 Å². The molecule has 2 aromatic heterocycles. The van der Waals surface area contributed by atoms with Gasteiger partial charge in [0.1, 0.15) is 5.69 Å². The third kappa shape index (κ3) is 3.63. The number of amides is 1. The van der Waals surface area contributed by atoms with Gasteiger partial charge in [0.25, 0.3) is 5.56 Å². The van der Waals surface area contributed by atoms with Gasteiger partial charge in [-0.25, -0.2) is 4.98 Å². The van der Waals surface area contributed by atoms with Gasteiger partial charge in [-0.2, -0.15) is 0 Å². The van der Waals surface area contributed by atoms with Crippen molar-refractivity contribution in [3.05, 3.63) is 39.3 Å². The van der Waals surface area contributed by atoms with Gasteiger partial charge in [-0.05, 0) is 49.9 Å². The SMILES string of the molecule is Cc1cc2nc(CSc3nnc(NC(=O)C4CC4)s3)c(=O)[nH]c2cc1C. The fourth-order valence-corrected chi connectivity index (χ4v) is 4.17. The Morgan fingerprint density at radius 1 is 1.31 bits per heavy atom. The van der Waals surface area contributed by atoms with E-state index in [0.29, 0.717) is 20.9 Å². The highest BCUT2D eigenvalue weighted by molar-refractivity contribution is 8.00. The third-order valence-corrected chi connectivity index (χ3v) is 6.28. The zero-order valence-electron chi connectivity index (χ0n) is 14.3. The highest BCUT2D eigenvalue weighted by Gasteiger charge is 2.30. The lowest BCUT2D eigenvalue weighted by Crippen LogP contribution is -2.14. The van der Waals surface area contributed by atoms with Crippen molar-refractivity contribution in [2.45, 2.75) is 36.8 Å². The number of hydrogen-bond donors (Lipinski definition) is 2. The second-order valence-electron chi connectivity index (χ2n) is 6.39. The first-order valence-corrected chi connectivity index (χ1v) is 10.1. The van der Waals surface area contributed by atoms with Crippen LogP contribution in [0.4, 0.5) is 5.13 Å². The van der Waals surface area contributed by atoms with Crippen LogP contribution in [-0.4, -0.2) is 26.1 Å². The van der Waals surface area contributed by atoms with E-state index in [2.05, 4.69) is 25.5 Å². The molecule has 134 valence electrons. The standard InChI is InChI=1S/C17H17N5O2S2/c1-8-5-11-12(6-9(8)2)19-15(24)13(18-11)7-25-17-22-21-16(26-17)20-14(23)10-3-4-10/h5-6,10H,3-4,7H2,1-2H3,(H,19,24)(H,20,21,23). The zero-order chi connectivity index (χ0) is 18.3. The third-order valence-electron chi connectivity index (χ3n) is 4.29. The van der Waals surface area contributed by atoms with Crippen molar-refractivity contribution in [3.63, 3.8) is 0 Å². The lowest BCUT2D eigenvalue weighted by atomic mass is 10.1. The molecular weight excluding hydrogens is 370 g/mol. The van der Waals surface area contributed by atoms with Crippen LogP contribution in [0.5, 0.6) is 0 Å². The Labute approximate surface area is 157 Å². The predicted molar refractivity (Wildman–Crippen MR) is 103 cm³/mol. The molecule has 9 heteroatoms. The van der Waals surface area contributed by atoms with Crippen molar-refractivity contribution >= 4 is 45.2 Å². The first-order chi connectivity index (χ1) is 12.5. The van der Waals surface area contributed by atoms with Crippen molar-refractivity contribution in [1.29, 1.82) is 0 Å². The molecule has 1 aromatic carbocycles. The largest absolute Gasteiger partial charge is 0.319 e. The molecule has 0 saturated heterocycles. The number of anilines is 1. The number of benzene rings is 1. The van der Waals surface area contributed by atoms with Crippen LogP contribution in [0.3, 0.4) is 0 Å². The summed E-state index contributed by atoms with van der Waals surface area (Å²) in [6.07, 6.45) is 1.89. The first-order valence-electron chi connectivity index (χ1n) is 8.27. The van der Waals surface area contributed by atoms with Gasteiger partial charge in [0.05, 0.1) is 11.0 Å². The molecule has 2 N–H and O–H groups in total. The van der Waals surface area contributed by atoms with Gasteiger partial charge < -0.3 is 10.3 Å². The van der Waals surface area contributed by atoms with Gasteiger partial charge in [-0.15, -0.1) is 10.2 Å². The van der Waals surface area contributed by atoms with Crippen LogP contribution in [-0.2, 0) is 10.5 Å². The van der Waals surface area contributed by atoms with Gasteiger partial charge in [0.2, 0.25) is 11.0 Å². The maximum absolute atomic E-state index is 12.3. The number of thioether (sulfide) groups is 1. The molecule has 1 amide bonds. The van der Waals surface area contributed by atoms with E-state index in [-0.39, 0.29) is 17.4 Å². The Morgan fingerprint density at radius 3 is 2.85 bits per heavy atom. The van der Waals surface area contributed by atoms with E-state index in [0.717, 1.165) is 35.0 Å². The van der Waals surface area contributed by atoms with Crippen molar-refractivity contribution in [1.82, 2.24) is 20.2 Å². The lowest BCUT2D eigenvalue weighted by Gasteiger charge is -2.05. The van der Waals surface area contributed by atoms with Crippen molar-refractivity contribution in [3.8, 4) is 0 Å². The normalized spacial score (nSPS) is 13.9. The number of rotatable bonds is 5. The Hall–Kier alpha value is -2.26. The Morgan fingerprint density at radius 2 is 2.08 bits per heavy atom. The number of fused-ring (bicyclic) bond motifs is 1. The highest BCUT2D eigenvalue weighted by Crippen LogP contribution is 2.32. The summed E-state index contributed by atoms with van der Waals surface area (Å²) < 4.78 is 0.692. The van der Waals surface area contributed by atoms with Crippen molar-refractivity contribution in [2.75, 3.05) is 5.32 Å². The molecule has 0 bridgehead atoms. The van der Waals surface area contributed by atoms with Crippen LogP contribution in [0.1, 0.15) is 29.7 Å². The average molecular weight is 387 g/mol. The maximum atomic E-state index is 12.3. The summed E-state index contributed by atoms with van der Waals surface area (Å²) in [6, 6.07) is 3.92. The summed E-state index contributed by atoms with van der Waals surface area (Å²) in [4.78, 5) is 31.4. The molecule has 1 aliphatic carbocycles. The maximum Gasteiger partial charge on any atom is 0.271 e. The second kappa shape index (κ2) is 6.81. The lowest BCUT2D eigenvalue weighted by molar-refractivity contribution is -0.117. The van der Waals surface area contributed by atoms with E-state index < -0.39 is 0 Å². The summed E-state index contributed by atoms with van der Waals surface area (Å²) in [5.41, 5.74) is 4.03. The summed E-state index contributed by atoms with van der Waals surface area (Å²) in [5, 5.41) is 11.3. The van der Waals surface area contributed by atoms with E-state index in [1.165, 1.54) is 23.1 Å². The average Bonchev–Trinajstić information content (AvgIpc) is 3.36. The van der Waals surface area contributed by atoms with Crippen LogP contribution in [0.25, 0.3) is 11.0 Å². The van der Waals surface area contributed by atoms with Gasteiger partial charge in [0.15, 0.2) is 4.34 Å². The molecule has 4 rings (SSSR count). The van der Waals surface area contributed by atoms with E-state index in [1.54, 1.807) is 0 Å². The Balaban J connectivity index is 1.48. The number of hydrogen-bond acceptors (Lipinski definition) is 7. The van der Waals surface area contributed by atoms with E-state index in [1.807, 2.05) is 26.0 Å². The quantitative estimate of drug-likeness (QED) is 0.515. The fraction of sp³-hybridized carbons (Fsp3) is 0.353. The monoisotopic (exact) mass is 387 g/mol. The number of carbonyl (C=O) groups is 1. The van der Waals surface area contributed by atoms with E-state index in [9.17, 15) is 9.59 Å². The number of aromatic nitrogens is 4. The number of carbonyl (C=O) groups excluding carboxylic acids is 1. The highest BCUT2D eigenvalue weighted by atomic mass is 32.2. The smallest absolute Gasteiger partial charge is 0.271 e. The van der Waals surface area contributed by atoms with Gasteiger partial charge in [-0.1, -0.05) is 23.1 Å². The molecule has 0 spiro atoms. The minimum absolute atomic E-state index is 0.0102. The Bertz CT molecular complexity index is 1050. The molecule has 1 saturated carbocycles. The molecule has 7 nitrogen and oxygen atoms in total. The summed E-state index contributed by atoms with van der Waals surface area (Å²) >= 11 is 2.69. The van der Waals surface area contributed by atoms with Gasteiger partial charge in [-0.3, -0.25) is 9.59 Å². The number of nitrogens with one attached hydrogen (secondary N) is 2. The minimum atomic E-state index is -0.194. The molecule has 1 fully saturated rings. The first kappa shape index (κ1) is 17.2. The summed E-state index contributed by atoms with van der Waals surface area (Å²) in [5.74, 6) is 0.530. The molecule has 0 aliphatic heterocycles. The summed E-state index contributed by atoms with van der Waals surface area (Å²) in [6.45, 7) is 4.03. The van der Waals surface area contributed by atoms with Crippen LogP contribution >= 0.6 is 23.1 Å². The van der Waals surface area contributed by atoms with Crippen molar-refractivity contribution < 1.29 is 4.79 Å². The topological polar surface area (TPSA) is 101 Å². The molecule has 26 heavy (non-hydrogen) atoms. The summed E-state index contributed by atoms with van der Waals surface area (Å²) in [7, 11) is 0. The number of nitrogens with zero attached hydrogens (tertiary/aromatic N) is 3. The number of aryl methyl sites for hydroxylation is 2. The number of aromatic amines is 1.